The molecule has 4 N–H and O–H groups in total. The molecule has 0 saturated carbocycles. The maximum absolute atomic E-state index is 13.7. The van der Waals surface area contributed by atoms with Crippen LogP contribution in [0.2, 0.25) is 0 Å². The van der Waals surface area contributed by atoms with E-state index in [1.54, 1.807) is 31.2 Å². The van der Waals surface area contributed by atoms with Gasteiger partial charge in [0, 0.05) is 16.9 Å². The van der Waals surface area contributed by atoms with E-state index in [1.165, 1.54) is 12.1 Å². The number of anilines is 2. The number of hydrogen-bond acceptors (Lipinski definition) is 3. The fourth-order valence-electron chi connectivity index (χ4n) is 1.88. The maximum Gasteiger partial charge on any atom is 0.258 e. The molecule has 0 aliphatic carbocycles. The molecule has 0 bridgehead atoms. The lowest BCUT2D eigenvalue weighted by Crippen LogP contribution is -2.15. The number of benzene rings is 2. The molecular weight excluding hydrogens is 259 g/mol. The number of nitrogens with two attached hydrogens (primary N) is 1. The van der Waals surface area contributed by atoms with Gasteiger partial charge in [0.05, 0.1) is 11.7 Å². The van der Waals surface area contributed by atoms with Gasteiger partial charge in [0.2, 0.25) is 0 Å². The van der Waals surface area contributed by atoms with Crippen LogP contribution in [0.1, 0.15) is 28.9 Å². The van der Waals surface area contributed by atoms with E-state index in [1.807, 2.05) is 0 Å². The van der Waals surface area contributed by atoms with E-state index < -0.39 is 17.8 Å². The molecule has 0 fully saturated rings. The molecule has 2 rings (SSSR count). The first-order valence-corrected chi connectivity index (χ1v) is 6.12. The number of halogens is 1. The maximum atomic E-state index is 13.7. The molecule has 4 nitrogen and oxygen atoms in total. The zero-order chi connectivity index (χ0) is 14.7. The second-order valence-corrected chi connectivity index (χ2v) is 4.46. The smallest absolute Gasteiger partial charge is 0.258 e. The van der Waals surface area contributed by atoms with Crippen LogP contribution in [-0.4, -0.2) is 11.0 Å². The third kappa shape index (κ3) is 2.95. The van der Waals surface area contributed by atoms with Gasteiger partial charge in [-0.25, -0.2) is 4.39 Å². The first-order valence-electron chi connectivity index (χ1n) is 6.12. The molecule has 104 valence electrons. The number of nitrogens with one attached hydrogen (secondary N) is 1. The number of aliphatic hydroxyl groups is 1. The fourth-order valence-corrected chi connectivity index (χ4v) is 1.88. The normalized spacial score (nSPS) is 11.9. The van der Waals surface area contributed by atoms with Gasteiger partial charge in [0.1, 0.15) is 5.82 Å². The fraction of sp³-hybridized carbons (Fsp3) is 0.133. The minimum atomic E-state index is -0.734. The number of carbonyl (C=O) groups excluding carboxylic acids is 1. The average Bonchev–Trinajstić information content (AvgIpc) is 2.38. The van der Waals surface area contributed by atoms with E-state index >= 15 is 0 Å². The van der Waals surface area contributed by atoms with Gasteiger partial charge in [-0.1, -0.05) is 18.2 Å². The molecule has 1 amide bonds. The number of carbonyl (C=O) groups is 1. The molecular formula is C15H15FN2O2. The van der Waals surface area contributed by atoms with Crippen molar-refractivity contribution in [3.63, 3.8) is 0 Å². The minimum Gasteiger partial charge on any atom is -0.399 e. The lowest BCUT2D eigenvalue weighted by Gasteiger charge is -2.13. The minimum absolute atomic E-state index is 0.0976. The Hall–Kier alpha value is -2.40. The Labute approximate surface area is 116 Å². The van der Waals surface area contributed by atoms with Crippen LogP contribution in [0, 0.1) is 5.82 Å². The summed E-state index contributed by atoms with van der Waals surface area (Å²) in [6.45, 7) is 1.59. The predicted molar refractivity (Wildman–Crippen MR) is 75.8 cm³/mol. The quantitative estimate of drug-likeness (QED) is 0.753. The summed E-state index contributed by atoms with van der Waals surface area (Å²) in [5.74, 6) is -1.27. The number of para-hydroxylation sites is 1. The highest BCUT2D eigenvalue weighted by molar-refractivity contribution is 6.05. The van der Waals surface area contributed by atoms with Crippen LogP contribution in [0.4, 0.5) is 15.8 Å². The summed E-state index contributed by atoms with van der Waals surface area (Å²) in [7, 11) is 0. The monoisotopic (exact) mass is 274 g/mol. The average molecular weight is 274 g/mol. The third-order valence-electron chi connectivity index (χ3n) is 2.90. The largest absolute Gasteiger partial charge is 0.399 e. The third-order valence-corrected chi connectivity index (χ3v) is 2.90. The van der Waals surface area contributed by atoms with Gasteiger partial charge in [-0.2, -0.15) is 0 Å². The standard InChI is InChI=1S/C15H15FN2O2/c1-9(19)11-4-2-3-5-14(11)18-15(20)12-7-6-10(17)8-13(12)16/h2-9,19H,17H2,1H3,(H,18,20). The zero-order valence-corrected chi connectivity index (χ0v) is 10.9. The number of amides is 1. The molecule has 1 atom stereocenters. The van der Waals surface area contributed by atoms with Crippen LogP contribution < -0.4 is 11.1 Å². The van der Waals surface area contributed by atoms with Crippen LogP contribution >= 0.6 is 0 Å². The van der Waals surface area contributed by atoms with Gasteiger partial charge in [0.15, 0.2) is 0 Å². The predicted octanol–water partition coefficient (Wildman–Crippen LogP) is 2.71. The molecule has 0 saturated heterocycles. The first-order chi connectivity index (χ1) is 9.49. The first kappa shape index (κ1) is 14.0. The van der Waals surface area contributed by atoms with E-state index in [0.717, 1.165) is 6.07 Å². The van der Waals surface area contributed by atoms with Crippen LogP contribution in [0.3, 0.4) is 0 Å². The molecule has 0 aromatic heterocycles. The topological polar surface area (TPSA) is 75.3 Å². The number of aliphatic hydroxyl groups excluding tert-OH is 1. The van der Waals surface area contributed by atoms with Crippen molar-refractivity contribution in [2.75, 3.05) is 11.1 Å². The summed E-state index contributed by atoms with van der Waals surface area (Å²) in [5.41, 5.74) is 6.61. The molecule has 0 radical (unpaired) electrons. The number of nitrogen functional groups attached to an aromatic ring is 1. The van der Waals surface area contributed by atoms with Crippen molar-refractivity contribution in [1.82, 2.24) is 0 Å². The van der Waals surface area contributed by atoms with Crippen LogP contribution in [0.5, 0.6) is 0 Å². The van der Waals surface area contributed by atoms with Crippen LogP contribution in [0.15, 0.2) is 42.5 Å². The Morgan fingerprint density at radius 2 is 2.00 bits per heavy atom. The van der Waals surface area contributed by atoms with Crippen molar-refractivity contribution >= 4 is 17.3 Å². The summed E-state index contributed by atoms with van der Waals surface area (Å²) < 4.78 is 13.7. The Balaban J connectivity index is 2.28. The molecule has 1 unspecified atom stereocenters. The van der Waals surface area contributed by atoms with Gasteiger partial charge in [-0.05, 0) is 31.2 Å². The van der Waals surface area contributed by atoms with E-state index in [2.05, 4.69) is 5.32 Å². The van der Waals surface area contributed by atoms with Crippen molar-refractivity contribution in [1.29, 1.82) is 0 Å². The van der Waals surface area contributed by atoms with E-state index in [4.69, 9.17) is 5.73 Å². The molecule has 2 aromatic carbocycles. The van der Waals surface area contributed by atoms with Crippen LogP contribution in [-0.2, 0) is 0 Å². The lowest BCUT2D eigenvalue weighted by atomic mass is 10.1. The highest BCUT2D eigenvalue weighted by atomic mass is 19.1. The zero-order valence-electron chi connectivity index (χ0n) is 10.9. The molecule has 0 aliphatic heterocycles. The summed E-state index contributed by atoms with van der Waals surface area (Å²) in [6.07, 6.45) is -0.734. The van der Waals surface area contributed by atoms with E-state index in [0.29, 0.717) is 11.3 Å². The van der Waals surface area contributed by atoms with Crippen LogP contribution in [0.25, 0.3) is 0 Å². The number of rotatable bonds is 3. The molecule has 2 aromatic rings. The Morgan fingerprint density at radius 3 is 2.65 bits per heavy atom. The highest BCUT2D eigenvalue weighted by Crippen LogP contribution is 2.23. The molecule has 0 heterocycles. The van der Waals surface area contributed by atoms with E-state index in [-0.39, 0.29) is 11.3 Å². The SMILES string of the molecule is CC(O)c1ccccc1NC(=O)c1ccc(N)cc1F. The second-order valence-electron chi connectivity index (χ2n) is 4.46. The van der Waals surface area contributed by atoms with Crippen molar-refractivity contribution in [3.8, 4) is 0 Å². The molecule has 20 heavy (non-hydrogen) atoms. The highest BCUT2D eigenvalue weighted by Gasteiger charge is 2.14. The summed E-state index contributed by atoms with van der Waals surface area (Å²) in [4.78, 5) is 12.0. The van der Waals surface area contributed by atoms with Gasteiger partial charge in [0.25, 0.3) is 5.91 Å². The number of hydrogen-bond donors (Lipinski definition) is 3. The van der Waals surface area contributed by atoms with Crippen molar-refractivity contribution < 1.29 is 14.3 Å². The van der Waals surface area contributed by atoms with E-state index in [9.17, 15) is 14.3 Å². The van der Waals surface area contributed by atoms with Crippen molar-refractivity contribution in [3.05, 3.63) is 59.4 Å². The van der Waals surface area contributed by atoms with Gasteiger partial charge >= 0.3 is 0 Å². The summed E-state index contributed by atoms with van der Waals surface area (Å²) >= 11 is 0. The molecule has 0 aliphatic rings. The Kier molecular flexibility index (Phi) is 4.00. The summed E-state index contributed by atoms with van der Waals surface area (Å²) in [6, 6.07) is 10.7. The molecule has 0 spiro atoms. The van der Waals surface area contributed by atoms with Crippen molar-refractivity contribution in [2.45, 2.75) is 13.0 Å². The van der Waals surface area contributed by atoms with Gasteiger partial charge in [-0.15, -0.1) is 0 Å². The van der Waals surface area contributed by atoms with Crippen molar-refractivity contribution in [2.24, 2.45) is 0 Å². The Bertz CT molecular complexity index is 642. The Morgan fingerprint density at radius 1 is 1.30 bits per heavy atom. The molecule has 5 heteroatoms. The van der Waals surface area contributed by atoms with Gasteiger partial charge < -0.3 is 16.2 Å². The second kappa shape index (κ2) is 5.71. The van der Waals surface area contributed by atoms with Gasteiger partial charge in [-0.3, -0.25) is 4.79 Å². The summed E-state index contributed by atoms with van der Waals surface area (Å²) in [5, 5.41) is 12.2. The lowest BCUT2D eigenvalue weighted by molar-refractivity contribution is 0.102.